The van der Waals surface area contributed by atoms with Gasteiger partial charge in [-0.25, -0.2) is 0 Å². The fourth-order valence-corrected chi connectivity index (χ4v) is 9.72. The third kappa shape index (κ3) is 75.4. The van der Waals surface area contributed by atoms with Gasteiger partial charge >= 0.3 is 11.9 Å². The number of phosphoric ester groups is 1. The van der Waals surface area contributed by atoms with Gasteiger partial charge in [-0.2, -0.15) is 0 Å². The van der Waals surface area contributed by atoms with Gasteiger partial charge in [0.25, 0.3) is 7.82 Å². The van der Waals surface area contributed by atoms with Gasteiger partial charge in [-0.15, -0.1) is 0 Å². The van der Waals surface area contributed by atoms with Gasteiger partial charge in [-0.1, -0.05) is 297 Å². The van der Waals surface area contributed by atoms with E-state index < -0.39 is 32.5 Å². The van der Waals surface area contributed by atoms with E-state index in [0.29, 0.717) is 23.9 Å². The molecule has 0 heterocycles. The van der Waals surface area contributed by atoms with Gasteiger partial charge in [0.15, 0.2) is 6.10 Å². The first-order chi connectivity index (χ1) is 46.0. The van der Waals surface area contributed by atoms with Gasteiger partial charge in [0, 0.05) is 12.8 Å². The minimum absolute atomic E-state index is 0.0491. The van der Waals surface area contributed by atoms with Crippen molar-refractivity contribution < 1.29 is 42.1 Å². The van der Waals surface area contributed by atoms with Crippen molar-refractivity contribution in [2.75, 3.05) is 47.5 Å². The number of quaternary nitrogens is 1. The number of hydrogen-bond donors (Lipinski definition) is 0. The molecule has 0 N–H and O–H groups in total. The molecule has 2 unspecified atom stereocenters. The van der Waals surface area contributed by atoms with Crippen molar-refractivity contribution in [3.63, 3.8) is 0 Å². The Labute approximate surface area is 576 Å². The van der Waals surface area contributed by atoms with E-state index in [1.165, 1.54) is 44.9 Å². The van der Waals surface area contributed by atoms with Crippen molar-refractivity contribution >= 4 is 19.8 Å². The Kier molecular flexibility index (Phi) is 67.3. The Morgan fingerprint density at radius 2 is 0.574 bits per heavy atom. The first-order valence-corrected chi connectivity index (χ1v) is 37.9. The molecule has 9 nitrogen and oxygen atoms in total. The van der Waals surface area contributed by atoms with Gasteiger partial charge in [0.2, 0.25) is 0 Å². The summed E-state index contributed by atoms with van der Waals surface area (Å²) in [6.07, 6.45) is 114. The molecule has 0 aromatic carbocycles. The number of hydrogen-bond acceptors (Lipinski definition) is 8. The van der Waals surface area contributed by atoms with Crippen LogP contribution in [0.1, 0.15) is 245 Å². The molecule has 526 valence electrons. The Balaban J connectivity index is 4.19. The Bertz CT molecular complexity index is 2390. The van der Waals surface area contributed by atoms with E-state index in [9.17, 15) is 19.0 Å². The highest BCUT2D eigenvalue weighted by Crippen LogP contribution is 2.38. The zero-order valence-electron chi connectivity index (χ0n) is 59.8. The highest BCUT2D eigenvalue weighted by molar-refractivity contribution is 7.45. The molecule has 0 saturated heterocycles. The molecule has 0 saturated carbocycles. The summed E-state index contributed by atoms with van der Waals surface area (Å²) >= 11 is 0. The topological polar surface area (TPSA) is 111 Å². The molecule has 0 fully saturated rings. The highest BCUT2D eigenvalue weighted by Gasteiger charge is 2.22. The number of carbonyl (C=O) groups is 2. The summed E-state index contributed by atoms with van der Waals surface area (Å²) in [5.41, 5.74) is 0. The average molecular weight is 1310 g/mol. The van der Waals surface area contributed by atoms with E-state index in [1.54, 1.807) is 0 Å². The monoisotopic (exact) mass is 1310 g/mol. The predicted molar refractivity (Wildman–Crippen MR) is 405 cm³/mol. The number of allylic oxidation sites excluding steroid dienone is 36. The molecule has 0 aromatic rings. The number of ether oxygens (including phenoxy) is 2. The molecule has 0 spiro atoms. The molecular weight excluding hydrogens is 1180 g/mol. The molecule has 10 heteroatoms. The highest BCUT2D eigenvalue weighted by atomic mass is 31.2. The van der Waals surface area contributed by atoms with Gasteiger partial charge in [-0.3, -0.25) is 14.2 Å². The lowest BCUT2D eigenvalue weighted by atomic mass is 10.0. The van der Waals surface area contributed by atoms with Crippen LogP contribution < -0.4 is 4.89 Å². The van der Waals surface area contributed by atoms with Crippen molar-refractivity contribution in [1.29, 1.82) is 0 Å². The van der Waals surface area contributed by atoms with Gasteiger partial charge in [0.1, 0.15) is 19.8 Å². The molecular formula is C84H132NO8P. The van der Waals surface area contributed by atoms with Crippen LogP contribution in [0.15, 0.2) is 219 Å². The third-order valence-electron chi connectivity index (χ3n) is 14.5. The van der Waals surface area contributed by atoms with E-state index in [2.05, 4.69) is 233 Å². The normalized spacial score (nSPS) is 14.4. The summed E-state index contributed by atoms with van der Waals surface area (Å²) in [5, 5.41) is 0. The van der Waals surface area contributed by atoms with E-state index in [1.807, 2.05) is 21.1 Å². The molecule has 0 bridgehead atoms. The Morgan fingerprint density at radius 3 is 0.862 bits per heavy atom. The van der Waals surface area contributed by atoms with Crippen molar-refractivity contribution in [2.45, 2.75) is 251 Å². The van der Waals surface area contributed by atoms with Crippen LogP contribution in [0.5, 0.6) is 0 Å². The Hall–Kier alpha value is -5.67. The van der Waals surface area contributed by atoms with Crippen LogP contribution in [0.4, 0.5) is 0 Å². The van der Waals surface area contributed by atoms with Crippen molar-refractivity contribution in [1.82, 2.24) is 0 Å². The number of likely N-dealkylation sites (N-methyl/N-ethyl adjacent to an activating group) is 1. The molecule has 0 aliphatic rings. The summed E-state index contributed by atoms with van der Waals surface area (Å²) in [4.78, 5) is 38.1. The number of phosphoric acid groups is 1. The molecule has 0 rings (SSSR count). The smallest absolute Gasteiger partial charge is 0.306 e. The van der Waals surface area contributed by atoms with Crippen molar-refractivity contribution in [3.8, 4) is 0 Å². The lowest BCUT2D eigenvalue weighted by molar-refractivity contribution is -0.870. The number of esters is 2. The van der Waals surface area contributed by atoms with Crippen molar-refractivity contribution in [3.05, 3.63) is 219 Å². The quantitative estimate of drug-likeness (QED) is 0.0195. The number of rotatable bonds is 64. The lowest BCUT2D eigenvalue weighted by Crippen LogP contribution is -2.37. The molecule has 2 atom stereocenters. The maximum Gasteiger partial charge on any atom is 0.306 e. The first-order valence-electron chi connectivity index (χ1n) is 36.4. The second kappa shape index (κ2) is 71.6. The molecule has 94 heavy (non-hydrogen) atoms. The summed E-state index contributed by atoms with van der Waals surface area (Å²) in [6.45, 7) is 3.94. The SMILES string of the molecule is CC/C=C\C/C=C\C/C=C\C/C=C\C/C=C\C/C=C\C/C=C\C/C=C\C/C=C\CCCCCCCCCCCCCC(=O)OC(COC(=O)CCCCC/C=C\C/C=C\C/C=C\C/C=C\C/C=C\C/C=C\C/C=C\C/C=C\C/C=C\CC)COP(=O)([O-])OCC[N+](C)(C)C. The van der Waals surface area contributed by atoms with Crippen molar-refractivity contribution in [2.24, 2.45) is 0 Å². The van der Waals surface area contributed by atoms with Crippen LogP contribution in [-0.2, 0) is 32.7 Å². The second-order valence-corrected chi connectivity index (χ2v) is 25.9. The van der Waals surface area contributed by atoms with Gasteiger partial charge in [-0.05, 0) is 154 Å². The lowest BCUT2D eigenvalue weighted by Gasteiger charge is -2.28. The van der Waals surface area contributed by atoms with Crippen LogP contribution in [0, 0.1) is 0 Å². The van der Waals surface area contributed by atoms with Crippen LogP contribution in [0.25, 0.3) is 0 Å². The van der Waals surface area contributed by atoms with Crippen LogP contribution >= 0.6 is 7.82 Å². The minimum Gasteiger partial charge on any atom is -0.756 e. The largest absolute Gasteiger partial charge is 0.756 e. The maximum absolute atomic E-state index is 12.9. The van der Waals surface area contributed by atoms with E-state index in [0.717, 1.165) is 161 Å². The van der Waals surface area contributed by atoms with E-state index in [4.69, 9.17) is 18.5 Å². The maximum atomic E-state index is 12.9. The number of nitrogens with zero attached hydrogens (tertiary/aromatic N) is 1. The zero-order valence-corrected chi connectivity index (χ0v) is 60.7. The minimum atomic E-state index is -4.67. The second-order valence-electron chi connectivity index (χ2n) is 24.5. The fourth-order valence-electron chi connectivity index (χ4n) is 8.99. The molecule has 0 amide bonds. The summed E-state index contributed by atoms with van der Waals surface area (Å²) < 4.78 is 34.3. The number of carbonyl (C=O) groups excluding carboxylic acids is 2. The number of unbranched alkanes of at least 4 members (excludes halogenated alkanes) is 14. The van der Waals surface area contributed by atoms with Gasteiger partial charge in [0.05, 0.1) is 27.7 Å². The van der Waals surface area contributed by atoms with Gasteiger partial charge < -0.3 is 27.9 Å². The fraction of sp³-hybridized carbons (Fsp3) is 0.548. The summed E-state index contributed by atoms with van der Waals surface area (Å²) in [6, 6.07) is 0. The summed E-state index contributed by atoms with van der Waals surface area (Å²) in [7, 11) is 1.11. The predicted octanol–water partition coefficient (Wildman–Crippen LogP) is 23.7. The van der Waals surface area contributed by atoms with Crippen LogP contribution in [-0.4, -0.2) is 70.0 Å². The van der Waals surface area contributed by atoms with E-state index in [-0.39, 0.29) is 26.1 Å². The van der Waals surface area contributed by atoms with E-state index >= 15 is 0 Å². The average Bonchev–Trinajstić information content (AvgIpc) is 1.56. The standard InChI is InChI=1S/C84H132NO8P/c1-6-8-10-12-14-16-18-20-22-24-26-28-30-32-34-36-38-39-40-41-42-43-44-45-47-49-51-53-55-57-59-61-63-65-67-69-71-73-75-77-84(87)93-82(81-92-94(88,89)91-79-78-85(3,4)5)80-90-83(86)76-74-72-70-68-66-64-62-60-58-56-54-52-50-48-46-37-35-33-31-29-27-25-23-21-19-17-15-13-11-9-7-2/h8-11,14-17,20-23,26-29,32-35,38-39,41-42,44-46,48-49,51-52,54,58,60,64,66,82H,6-7,12-13,18-19,24-25,30-31,36-37,40,43,47,50,53,55-57,59,61-63,65,67-81H2,1-5H3/b10-8-,11-9-,16-14-,17-15-,22-20-,23-21-,28-26-,29-27-,34-32-,35-33-,39-38-,42-41-,45-44-,48-46-,51-49-,54-52-,60-58-,66-64-. The Morgan fingerprint density at radius 1 is 0.330 bits per heavy atom. The van der Waals surface area contributed by atoms with Crippen LogP contribution in [0.2, 0.25) is 0 Å². The zero-order chi connectivity index (χ0) is 68.3. The molecule has 0 aliphatic heterocycles. The molecule has 0 aromatic heterocycles. The molecule has 0 aliphatic carbocycles. The first kappa shape index (κ1) is 88.3. The summed E-state index contributed by atoms with van der Waals surface area (Å²) in [5.74, 6) is -0.891. The van der Waals surface area contributed by atoms with Crippen LogP contribution in [0.3, 0.4) is 0 Å². The third-order valence-corrected chi connectivity index (χ3v) is 15.5. The molecule has 0 radical (unpaired) electrons.